The largest absolute Gasteiger partial charge is 0.489 e. The van der Waals surface area contributed by atoms with Gasteiger partial charge in [-0.1, -0.05) is 30.9 Å². The second-order valence-corrected chi connectivity index (χ2v) is 5.43. The highest BCUT2D eigenvalue weighted by molar-refractivity contribution is 5.89. The van der Waals surface area contributed by atoms with Gasteiger partial charge >= 0.3 is 6.61 Å². The molecule has 0 unspecified atom stereocenters. The van der Waals surface area contributed by atoms with Crippen LogP contribution >= 0.6 is 0 Å². The number of rotatable bonds is 6. The maximum Gasteiger partial charge on any atom is 0.387 e. The van der Waals surface area contributed by atoms with Gasteiger partial charge in [0.15, 0.2) is 11.6 Å². The minimum Gasteiger partial charge on any atom is -0.489 e. The molecular formula is C20H14F4O2. The predicted octanol–water partition coefficient (Wildman–Crippen LogP) is 5.95. The molecular weight excluding hydrogens is 348 g/mol. The van der Waals surface area contributed by atoms with Crippen LogP contribution in [0.4, 0.5) is 17.6 Å². The van der Waals surface area contributed by atoms with Gasteiger partial charge in [-0.15, -0.1) is 0 Å². The summed E-state index contributed by atoms with van der Waals surface area (Å²) >= 11 is 0. The van der Waals surface area contributed by atoms with Crippen molar-refractivity contribution in [3.8, 4) is 22.6 Å². The molecule has 0 amide bonds. The van der Waals surface area contributed by atoms with Crippen LogP contribution in [0.5, 0.6) is 11.5 Å². The summed E-state index contributed by atoms with van der Waals surface area (Å²) in [7, 11) is 0. The lowest BCUT2D eigenvalue weighted by Gasteiger charge is -2.10. The second-order valence-electron chi connectivity index (χ2n) is 5.43. The van der Waals surface area contributed by atoms with Gasteiger partial charge in [-0.3, -0.25) is 0 Å². The van der Waals surface area contributed by atoms with E-state index in [1.165, 1.54) is 24.3 Å². The number of ether oxygens (including phenoxy) is 2. The van der Waals surface area contributed by atoms with E-state index in [9.17, 15) is 17.6 Å². The number of halogens is 4. The van der Waals surface area contributed by atoms with Gasteiger partial charge in [-0.25, -0.2) is 8.78 Å². The maximum atomic E-state index is 14.4. The van der Waals surface area contributed by atoms with E-state index in [1.807, 2.05) is 0 Å². The number of benzene rings is 3. The molecule has 3 aromatic carbocycles. The smallest absolute Gasteiger partial charge is 0.387 e. The minimum atomic E-state index is -3.11. The first-order valence-electron chi connectivity index (χ1n) is 7.70. The molecule has 0 aliphatic carbocycles. The molecule has 0 N–H and O–H groups in total. The van der Waals surface area contributed by atoms with Crippen molar-refractivity contribution in [1.29, 1.82) is 0 Å². The number of alkyl halides is 2. The molecule has 0 spiro atoms. The third kappa shape index (κ3) is 3.64. The summed E-state index contributed by atoms with van der Waals surface area (Å²) in [4.78, 5) is 0. The van der Waals surface area contributed by atoms with Gasteiger partial charge in [-0.2, -0.15) is 8.78 Å². The molecule has 0 saturated heterocycles. The monoisotopic (exact) mass is 362 g/mol. The van der Waals surface area contributed by atoms with Crippen LogP contribution in [0.25, 0.3) is 21.9 Å². The van der Waals surface area contributed by atoms with Crippen molar-refractivity contribution < 1.29 is 27.0 Å². The lowest BCUT2D eigenvalue weighted by atomic mass is 10.0. The van der Waals surface area contributed by atoms with E-state index in [-0.39, 0.29) is 12.0 Å². The lowest BCUT2D eigenvalue weighted by Crippen LogP contribution is -2.03. The highest BCUT2D eigenvalue weighted by Gasteiger charge is 2.14. The summed E-state index contributed by atoms with van der Waals surface area (Å²) in [5.74, 6) is -1.55. The molecule has 0 aliphatic heterocycles. The summed E-state index contributed by atoms with van der Waals surface area (Å²) in [6, 6.07) is 11.5. The van der Waals surface area contributed by atoms with Crippen LogP contribution in [0, 0.1) is 11.6 Å². The maximum absolute atomic E-state index is 14.4. The molecule has 6 heteroatoms. The lowest BCUT2D eigenvalue weighted by molar-refractivity contribution is -0.0520. The van der Waals surface area contributed by atoms with Crippen molar-refractivity contribution >= 4 is 10.8 Å². The molecule has 0 saturated carbocycles. The first kappa shape index (κ1) is 17.8. The van der Waals surface area contributed by atoms with Crippen LogP contribution in [0.3, 0.4) is 0 Å². The van der Waals surface area contributed by atoms with Crippen LogP contribution in [-0.4, -0.2) is 13.2 Å². The van der Waals surface area contributed by atoms with Crippen molar-refractivity contribution in [2.24, 2.45) is 0 Å². The summed E-state index contributed by atoms with van der Waals surface area (Å²) in [6.07, 6.45) is 1.55. The SMILES string of the molecule is C=CCOc1ccc(-c2ccc3c(F)c(OC(F)F)ccc3c2)c(F)c1. The Bertz CT molecular complexity index is 954. The average molecular weight is 362 g/mol. The van der Waals surface area contributed by atoms with Gasteiger partial charge in [0.05, 0.1) is 0 Å². The van der Waals surface area contributed by atoms with Crippen LogP contribution in [0.15, 0.2) is 61.2 Å². The zero-order valence-corrected chi connectivity index (χ0v) is 13.5. The van der Waals surface area contributed by atoms with Crippen molar-refractivity contribution in [3.63, 3.8) is 0 Å². The highest BCUT2D eigenvalue weighted by atomic mass is 19.3. The Morgan fingerprint density at radius 1 is 1.00 bits per heavy atom. The Kier molecular flexibility index (Phi) is 5.11. The predicted molar refractivity (Wildman–Crippen MR) is 91.6 cm³/mol. The minimum absolute atomic E-state index is 0.109. The summed E-state index contributed by atoms with van der Waals surface area (Å²) in [6.45, 7) is 0.669. The normalized spacial score (nSPS) is 11.0. The Labute approximate surface area is 147 Å². The topological polar surface area (TPSA) is 18.5 Å². The fraction of sp³-hybridized carbons (Fsp3) is 0.100. The number of hydrogen-bond donors (Lipinski definition) is 0. The number of fused-ring (bicyclic) bond motifs is 1. The first-order chi connectivity index (χ1) is 12.5. The van der Waals surface area contributed by atoms with Crippen molar-refractivity contribution in [2.45, 2.75) is 6.61 Å². The molecule has 0 aliphatic rings. The Balaban J connectivity index is 1.98. The zero-order valence-electron chi connectivity index (χ0n) is 13.5. The van der Waals surface area contributed by atoms with E-state index in [2.05, 4.69) is 11.3 Å². The standard InChI is InChI=1S/C20H14F4O2/c1-2-9-25-14-5-7-15(17(21)11-14)12-3-6-16-13(10-12)4-8-18(19(16)22)26-20(23)24/h2-8,10-11,20H,1,9H2. The summed E-state index contributed by atoms with van der Waals surface area (Å²) in [5.41, 5.74) is 0.832. The molecule has 0 fully saturated rings. The van der Waals surface area contributed by atoms with Gasteiger partial charge in [0, 0.05) is 17.0 Å². The zero-order chi connectivity index (χ0) is 18.7. The van der Waals surface area contributed by atoms with Gasteiger partial charge in [-0.05, 0) is 35.2 Å². The number of hydrogen-bond acceptors (Lipinski definition) is 2. The second kappa shape index (κ2) is 7.47. The van der Waals surface area contributed by atoms with Crippen LogP contribution in [-0.2, 0) is 0 Å². The molecule has 26 heavy (non-hydrogen) atoms. The first-order valence-corrected chi connectivity index (χ1v) is 7.70. The van der Waals surface area contributed by atoms with Crippen molar-refractivity contribution in [1.82, 2.24) is 0 Å². The van der Waals surface area contributed by atoms with Crippen molar-refractivity contribution in [2.75, 3.05) is 6.61 Å². The van der Waals surface area contributed by atoms with E-state index < -0.39 is 24.0 Å². The molecule has 0 bridgehead atoms. The fourth-order valence-corrected chi connectivity index (χ4v) is 2.60. The highest BCUT2D eigenvalue weighted by Crippen LogP contribution is 2.32. The third-order valence-corrected chi connectivity index (χ3v) is 3.75. The van der Waals surface area contributed by atoms with Gasteiger partial charge in [0.25, 0.3) is 0 Å². The Morgan fingerprint density at radius 2 is 1.81 bits per heavy atom. The molecule has 3 aromatic rings. The quantitative estimate of drug-likeness (QED) is 0.398. The molecule has 0 heterocycles. The Morgan fingerprint density at radius 3 is 2.50 bits per heavy atom. The Hall–Kier alpha value is -3.02. The van der Waals surface area contributed by atoms with Crippen LogP contribution in [0.1, 0.15) is 0 Å². The average Bonchev–Trinajstić information content (AvgIpc) is 2.62. The molecule has 0 aromatic heterocycles. The van der Waals surface area contributed by atoms with E-state index in [0.717, 1.165) is 6.07 Å². The summed E-state index contributed by atoms with van der Waals surface area (Å²) in [5, 5.41) is 0.547. The van der Waals surface area contributed by atoms with Gasteiger partial charge in [0.1, 0.15) is 18.2 Å². The van der Waals surface area contributed by atoms with Crippen LogP contribution < -0.4 is 9.47 Å². The van der Waals surface area contributed by atoms with Crippen molar-refractivity contribution in [3.05, 3.63) is 72.8 Å². The third-order valence-electron chi connectivity index (χ3n) is 3.75. The summed E-state index contributed by atoms with van der Waals surface area (Å²) < 4.78 is 62.6. The van der Waals surface area contributed by atoms with E-state index in [1.54, 1.807) is 24.3 Å². The molecule has 2 nitrogen and oxygen atoms in total. The van der Waals surface area contributed by atoms with Gasteiger partial charge in [0.2, 0.25) is 0 Å². The molecule has 3 rings (SSSR count). The van der Waals surface area contributed by atoms with Gasteiger partial charge < -0.3 is 9.47 Å². The van der Waals surface area contributed by atoms with E-state index >= 15 is 0 Å². The molecule has 0 radical (unpaired) electrons. The van der Waals surface area contributed by atoms with E-state index in [4.69, 9.17) is 4.74 Å². The molecule has 134 valence electrons. The molecule has 0 atom stereocenters. The fourth-order valence-electron chi connectivity index (χ4n) is 2.60. The van der Waals surface area contributed by atoms with Crippen LogP contribution in [0.2, 0.25) is 0 Å². The van der Waals surface area contributed by atoms with E-state index in [0.29, 0.717) is 22.3 Å².